The Labute approximate surface area is 135 Å². The van der Waals surface area contributed by atoms with Crippen LogP contribution in [0.3, 0.4) is 0 Å². The Morgan fingerprint density at radius 1 is 1.29 bits per heavy atom. The van der Waals surface area contributed by atoms with Crippen molar-refractivity contribution in [2.45, 2.75) is 25.1 Å². The number of carbonyl (C=O) groups is 2. The minimum absolute atomic E-state index is 0.0365. The van der Waals surface area contributed by atoms with Crippen LogP contribution in [0.15, 0.2) is 18.3 Å². The van der Waals surface area contributed by atoms with E-state index in [1.54, 1.807) is 0 Å². The normalized spacial score (nSPS) is 13.9. The smallest absolute Gasteiger partial charge is 0.422 e. The van der Waals surface area contributed by atoms with E-state index in [4.69, 9.17) is 9.84 Å². The van der Waals surface area contributed by atoms with Crippen LogP contribution in [-0.4, -0.2) is 54.0 Å². The van der Waals surface area contributed by atoms with E-state index in [9.17, 15) is 22.8 Å². The third-order valence-corrected chi connectivity index (χ3v) is 2.80. The maximum absolute atomic E-state index is 12.1. The molecule has 24 heavy (non-hydrogen) atoms. The number of ether oxygens (including phenoxy) is 2. The van der Waals surface area contributed by atoms with Gasteiger partial charge in [0.15, 0.2) is 6.61 Å². The fourth-order valence-electron chi connectivity index (χ4n) is 1.89. The second-order valence-corrected chi connectivity index (χ2v) is 5.31. The summed E-state index contributed by atoms with van der Waals surface area (Å²) in [4.78, 5) is 26.6. The topological polar surface area (TPSA) is 97.8 Å². The van der Waals surface area contributed by atoms with Crippen LogP contribution in [0, 0.1) is 0 Å². The second-order valence-electron chi connectivity index (χ2n) is 5.31. The lowest BCUT2D eigenvalue weighted by Crippen LogP contribution is -2.50. The number of methoxy groups -OCH3 is 1. The van der Waals surface area contributed by atoms with Gasteiger partial charge in [-0.1, -0.05) is 0 Å². The predicted octanol–water partition coefficient (Wildman–Crippen LogP) is 1.63. The van der Waals surface area contributed by atoms with Crippen molar-refractivity contribution >= 4 is 11.9 Å². The van der Waals surface area contributed by atoms with Crippen molar-refractivity contribution in [3.8, 4) is 5.88 Å². The summed E-state index contributed by atoms with van der Waals surface area (Å²) in [5.74, 6) is -2.04. The third-order valence-electron chi connectivity index (χ3n) is 2.80. The highest BCUT2D eigenvalue weighted by Crippen LogP contribution is 2.17. The lowest BCUT2D eigenvalue weighted by molar-refractivity contribution is -0.154. The van der Waals surface area contributed by atoms with Crippen LogP contribution < -0.4 is 10.1 Å². The minimum atomic E-state index is -4.49. The Bertz CT molecular complexity index is 577. The SMILES string of the molecule is COCC(C)(CC(=O)O)NC(=O)c1ccc(OCC(F)(F)F)nc1. The first kappa shape index (κ1) is 19.7. The molecule has 1 aromatic rings. The predicted molar refractivity (Wildman–Crippen MR) is 75.8 cm³/mol. The van der Waals surface area contributed by atoms with Gasteiger partial charge in [-0.15, -0.1) is 0 Å². The first-order valence-electron chi connectivity index (χ1n) is 6.73. The molecule has 1 heterocycles. The molecule has 10 heteroatoms. The number of carboxylic acid groups (broad SMARTS) is 1. The summed E-state index contributed by atoms with van der Waals surface area (Å²) in [5.41, 5.74) is -1.11. The summed E-state index contributed by atoms with van der Waals surface area (Å²) >= 11 is 0. The summed E-state index contributed by atoms with van der Waals surface area (Å²) in [6.07, 6.45) is -3.82. The van der Waals surface area contributed by atoms with Crippen molar-refractivity contribution in [3.05, 3.63) is 23.9 Å². The molecule has 7 nitrogen and oxygen atoms in total. The first-order chi connectivity index (χ1) is 11.0. The molecule has 134 valence electrons. The molecule has 0 fully saturated rings. The van der Waals surface area contributed by atoms with Gasteiger partial charge in [0.2, 0.25) is 5.88 Å². The van der Waals surface area contributed by atoms with Crippen molar-refractivity contribution in [1.82, 2.24) is 10.3 Å². The summed E-state index contributed by atoms with van der Waals surface area (Å²) in [7, 11) is 1.36. The molecule has 0 aliphatic carbocycles. The molecular formula is C14H17F3N2O5. The Balaban J connectivity index is 2.74. The maximum Gasteiger partial charge on any atom is 0.422 e. The molecule has 0 saturated heterocycles. The van der Waals surface area contributed by atoms with E-state index < -0.39 is 30.2 Å². The highest BCUT2D eigenvalue weighted by Gasteiger charge is 2.30. The van der Waals surface area contributed by atoms with Gasteiger partial charge < -0.3 is 19.9 Å². The van der Waals surface area contributed by atoms with Gasteiger partial charge in [-0.05, 0) is 13.0 Å². The van der Waals surface area contributed by atoms with Crippen LogP contribution >= 0.6 is 0 Å². The number of carbonyl (C=O) groups excluding carboxylic acids is 1. The number of aliphatic carboxylic acids is 1. The fraction of sp³-hybridized carbons (Fsp3) is 0.500. The molecule has 1 unspecified atom stereocenters. The zero-order chi connectivity index (χ0) is 18.4. The quantitative estimate of drug-likeness (QED) is 0.740. The zero-order valence-electron chi connectivity index (χ0n) is 13.0. The van der Waals surface area contributed by atoms with Gasteiger partial charge >= 0.3 is 12.1 Å². The standard InChI is InChI=1S/C14H17F3N2O5/c1-13(7-23-2,5-11(20)21)19-12(22)9-3-4-10(18-6-9)24-8-14(15,16)17/h3-4,6H,5,7-8H2,1-2H3,(H,19,22)(H,20,21). The molecule has 0 aliphatic heterocycles. The van der Waals surface area contributed by atoms with Gasteiger partial charge in [-0.3, -0.25) is 9.59 Å². The first-order valence-corrected chi connectivity index (χ1v) is 6.73. The van der Waals surface area contributed by atoms with E-state index in [0.29, 0.717) is 0 Å². The molecule has 0 saturated carbocycles. The van der Waals surface area contributed by atoms with Gasteiger partial charge in [-0.25, -0.2) is 4.98 Å². The van der Waals surface area contributed by atoms with E-state index in [1.165, 1.54) is 20.1 Å². The largest absolute Gasteiger partial charge is 0.481 e. The molecule has 1 aromatic heterocycles. The highest BCUT2D eigenvalue weighted by molar-refractivity contribution is 5.94. The van der Waals surface area contributed by atoms with E-state index >= 15 is 0 Å². The Kier molecular flexibility index (Phi) is 6.52. The summed E-state index contributed by atoms with van der Waals surface area (Å²) in [6.45, 7) is -0.0297. The average Bonchev–Trinajstić information content (AvgIpc) is 2.43. The number of rotatable bonds is 8. The van der Waals surface area contributed by atoms with Gasteiger partial charge in [0, 0.05) is 19.4 Å². The molecular weight excluding hydrogens is 333 g/mol. The number of hydrogen-bond donors (Lipinski definition) is 2. The number of halogens is 3. The van der Waals surface area contributed by atoms with Crippen molar-refractivity contribution in [3.63, 3.8) is 0 Å². The van der Waals surface area contributed by atoms with Gasteiger partial charge in [0.1, 0.15) is 0 Å². The molecule has 2 N–H and O–H groups in total. The van der Waals surface area contributed by atoms with Crippen molar-refractivity contribution in [2.75, 3.05) is 20.3 Å². The number of carboxylic acids is 1. The number of pyridine rings is 1. The monoisotopic (exact) mass is 350 g/mol. The Hall–Kier alpha value is -2.36. The maximum atomic E-state index is 12.1. The van der Waals surface area contributed by atoms with E-state index in [1.807, 2.05) is 0 Å². The third kappa shape index (κ3) is 6.82. The molecule has 0 spiro atoms. The number of nitrogens with zero attached hydrogens (tertiary/aromatic N) is 1. The molecule has 1 rings (SSSR count). The van der Waals surface area contributed by atoms with Crippen LogP contribution in [-0.2, 0) is 9.53 Å². The van der Waals surface area contributed by atoms with Gasteiger partial charge in [0.25, 0.3) is 5.91 Å². The average molecular weight is 350 g/mol. The minimum Gasteiger partial charge on any atom is -0.481 e. The second kappa shape index (κ2) is 7.95. The number of nitrogens with one attached hydrogen (secondary N) is 1. The molecule has 1 atom stereocenters. The van der Waals surface area contributed by atoms with Gasteiger partial charge in [0.05, 0.1) is 24.1 Å². The molecule has 0 radical (unpaired) electrons. The lowest BCUT2D eigenvalue weighted by atomic mass is 9.98. The summed E-state index contributed by atoms with van der Waals surface area (Å²) in [6, 6.07) is 2.34. The lowest BCUT2D eigenvalue weighted by Gasteiger charge is -2.28. The Morgan fingerprint density at radius 2 is 1.96 bits per heavy atom. The van der Waals surface area contributed by atoms with Crippen LogP contribution in [0.5, 0.6) is 5.88 Å². The zero-order valence-corrected chi connectivity index (χ0v) is 13.0. The van der Waals surface area contributed by atoms with Crippen LogP contribution in [0.4, 0.5) is 13.2 Å². The Morgan fingerprint density at radius 3 is 2.42 bits per heavy atom. The van der Waals surface area contributed by atoms with Crippen molar-refractivity contribution in [2.24, 2.45) is 0 Å². The van der Waals surface area contributed by atoms with Crippen molar-refractivity contribution < 1.29 is 37.3 Å². The van der Waals surface area contributed by atoms with Crippen LogP contribution in [0.2, 0.25) is 0 Å². The highest BCUT2D eigenvalue weighted by atomic mass is 19.4. The van der Waals surface area contributed by atoms with Crippen LogP contribution in [0.1, 0.15) is 23.7 Å². The van der Waals surface area contributed by atoms with Crippen molar-refractivity contribution in [1.29, 1.82) is 0 Å². The number of aromatic nitrogens is 1. The van der Waals surface area contributed by atoms with E-state index in [2.05, 4.69) is 15.0 Å². The summed E-state index contributed by atoms with van der Waals surface area (Å²) < 4.78 is 45.4. The number of alkyl halides is 3. The molecule has 0 bridgehead atoms. The number of hydrogen-bond acceptors (Lipinski definition) is 5. The van der Waals surface area contributed by atoms with E-state index in [0.717, 1.165) is 12.3 Å². The fourth-order valence-corrected chi connectivity index (χ4v) is 1.89. The van der Waals surface area contributed by atoms with Gasteiger partial charge in [-0.2, -0.15) is 13.2 Å². The summed E-state index contributed by atoms with van der Waals surface area (Å²) in [5, 5.41) is 11.4. The number of amides is 1. The molecule has 0 aromatic carbocycles. The van der Waals surface area contributed by atoms with Crippen LogP contribution in [0.25, 0.3) is 0 Å². The van der Waals surface area contributed by atoms with E-state index in [-0.39, 0.29) is 24.5 Å². The molecule has 1 amide bonds. The molecule has 0 aliphatic rings.